The first kappa shape index (κ1) is 26.9. The van der Waals surface area contributed by atoms with E-state index >= 15 is 0 Å². The van der Waals surface area contributed by atoms with Crippen LogP contribution in [0.1, 0.15) is 67.8 Å². The summed E-state index contributed by atoms with van der Waals surface area (Å²) in [5.41, 5.74) is -1.61. The van der Waals surface area contributed by atoms with Crippen molar-refractivity contribution in [3.8, 4) is 0 Å². The second kappa shape index (κ2) is 10.9. The van der Waals surface area contributed by atoms with Crippen molar-refractivity contribution in [1.82, 2.24) is 15.6 Å². The molecule has 1 heterocycles. The highest BCUT2D eigenvalue weighted by atomic mass is 32.1. The fraction of sp³-hybridized carbons (Fsp3) is 0.550. The molecular formula is C20H30N4O7S. The molecule has 0 aliphatic rings. The Bertz CT molecular complexity index is 849. The molecular weight excluding hydrogens is 440 g/mol. The molecule has 3 amide bonds. The Hall–Kier alpha value is -3.15. The molecule has 12 heteroatoms. The lowest BCUT2D eigenvalue weighted by molar-refractivity contribution is 0.0535. The van der Waals surface area contributed by atoms with Crippen LogP contribution < -0.4 is 10.6 Å². The second-order valence-electron chi connectivity index (χ2n) is 8.38. The second-order valence-corrected chi connectivity index (χ2v) is 9.46. The maximum absolute atomic E-state index is 12.9. The fourth-order valence-corrected chi connectivity index (χ4v) is 2.92. The Morgan fingerprint density at radius 1 is 0.938 bits per heavy atom. The molecule has 1 aromatic heterocycles. The predicted molar refractivity (Wildman–Crippen MR) is 119 cm³/mol. The lowest BCUT2D eigenvalue weighted by Crippen LogP contribution is -2.48. The van der Waals surface area contributed by atoms with Crippen LogP contribution in [0.5, 0.6) is 0 Å². The minimum absolute atomic E-state index is 0.0970. The van der Waals surface area contributed by atoms with Gasteiger partial charge in [0.2, 0.25) is 5.96 Å². The summed E-state index contributed by atoms with van der Waals surface area (Å²) in [6.07, 6.45) is -1.78. The summed E-state index contributed by atoms with van der Waals surface area (Å²) in [5.74, 6) is -1.49. The van der Waals surface area contributed by atoms with Gasteiger partial charge < -0.3 is 14.2 Å². The maximum Gasteiger partial charge on any atom is 0.414 e. The van der Waals surface area contributed by atoms with E-state index in [-0.39, 0.29) is 22.3 Å². The van der Waals surface area contributed by atoms with Gasteiger partial charge >= 0.3 is 18.2 Å². The molecule has 1 aromatic rings. The molecule has 2 N–H and O–H groups in total. The lowest BCUT2D eigenvalue weighted by atomic mass is 10.2. The quantitative estimate of drug-likeness (QED) is 0.226. The zero-order valence-electron chi connectivity index (χ0n) is 19.5. The third kappa shape index (κ3) is 9.33. The number of ether oxygens (including phenoxy) is 3. The number of amides is 3. The van der Waals surface area contributed by atoms with Crippen LogP contribution in [0.2, 0.25) is 0 Å². The van der Waals surface area contributed by atoms with Crippen LogP contribution in [0, 0.1) is 0 Å². The van der Waals surface area contributed by atoms with Crippen LogP contribution >= 0.6 is 11.3 Å². The number of methoxy groups -OCH3 is 1. The van der Waals surface area contributed by atoms with Crippen LogP contribution in [0.25, 0.3) is 0 Å². The molecule has 32 heavy (non-hydrogen) atoms. The number of hydrogen-bond acceptors (Lipinski definition) is 9. The molecule has 0 radical (unpaired) electrons. The van der Waals surface area contributed by atoms with Gasteiger partial charge in [0.15, 0.2) is 0 Å². The minimum atomic E-state index is -0.889. The van der Waals surface area contributed by atoms with Crippen LogP contribution in [0.4, 0.5) is 9.59 Å². The van der Waals surface area contributed by atoms with Gasteiger partial charge in [-0.3, -0.25) is 15.4 Å². The standard InChI is InChI=1S/C20H30N4O7S/c1-9-24(14(25)12-10-11-13(32-12)15(26)29-8)23-16(21-17(27)30-19(2,3)4)22-18(28)31-20(5,6)7/h10-11H,9H2,1-8H3,(H2,21,22,23,27,28). The van der Waals surface area contributed by atoms with E-state index in [1.807, 2.05) is 0 Å². The minimum Gasteiger partial charge on any atom is -0.465 e. The van der Waals surface area contributed by atoms with E-state index in [4.69, 9.17) is 9.47 Å². The van der Waals surface area contributed by atoms with Crippen molar-refractivity contribution in [2.75, 3.05) is 13.7 Å². The SMILES string of the molecule is CCN(N=C(NC(=O)OC(C)(C)C)NC(=O)OC(C)(C)C)C(=O)c1ccc(C(=O)OC)s1. The predicted octanol–water partition coefficient (Wildman–Crippen LogP) is 3.32. The maximum atomic E-state index is 12.9. The summed E-state index contributed by atoms with van der Waals surface area (Å²) < 4.78 is 15.0. The molecule has 0 atom stereocenters. The van der Waals surface area contributed by atoms with Crippen LogP contribution in [-0.2, 0) is 14.2 Å². The molecule has 0 aromatic carbocycles. The summed E-state index contributed by atoms with van der Waals surface area (Å²) in [7, 11) is 1.24. The van der Waals surface area contributed by atoms with E-state index in [0.29, 0.717) is 0 Å². The van der Waals surface area contributed by atoms with Crippen molar-refractivity contribution in [3.05, 3.63) is 21.9 Å². The Morgan fingerprint density at radius 3 is 1.81 bits per heavy atom. The molecule has 0 spiro atoms. The van der Waals surface area contributed by atoms with Crippen LogP contribution in [0.3, 0.4) is 0 Å². The summed E-state index contributed by atoms with van der Waals surface area (Å²) >= 11 is 0.929. The molecule has 0 saturated heterocycles. The summed E-state index contributed by atoms with van der Waals surface area (Å²) in [6.45, 7) is 11.8. The van der Waals surface area contributed by atoms with Crippen molar-refractivity contribution in [1.29, 1.82) is 0 Å². The van der Waals surface area contributed by atoms with E-state index < -0.39 is 35.3 Å². The normalized spacial score (nSPS) is 11.1. The number of thiophene rings is 1. The third-order valence-electron chi connectivity index (χ3n) is 3.20. The average molecular weight is 471 g/mol. The first-order valence-electron chi connectivity index (χ1n) is 9.73. The van der Waals surface area contributed by atoms with Gasteiger partial charge in [-0.1, -0.05) is 0 Å². The van der Waals surface area contributed by atoms with Crippen molar-refractivity contribution in [3.63, 3.8) is 0 Å². The summed E-state index contributed by atoms with van der Waals surface area (Å²) in [6, 6.07) is 2.92. The van der Waals surface area contributed by atoms with Crippen molar-refractivity contribution < 1.29 is 33.4 Å². The number of carbonyl (C=O) groups is 4. The first-order valence-corrected chi connectivity index (χ1v) is 10.6. The Balaban J connectivity index is 3.16. The average Bonchev–Trinajstić information content (AvgIpc) is 3.11. The number of esters is 1. The molecule has 0 unspecified atom stereocenters. The molecule has 178 valence electrons. The zero-order chi connectivity index (χ0) is 24.7. The van der Waals surface area contributed by atoms with Gasteiger partial charge in [0.25, 0.3) is 5.91 Å². The van der Waals surface area contributed by atoms with Crippen molar-refractivity contribution >= 4 is 41.4 Å². The Labute approximate surface area is 191 Å². The molecule has 0 saturated carbocycles. The number of hydrogen-bond donors (Lipinski definition) is 2. The van der Waals surface area contributed by atoms with E-state index in [9.17, 15) is 19.2 Å². The highest BCUT2D eigenvalue weighted by Crippen LogP contribution is 2.19. The first-order chi connectivity index (χ1) is 14.6. The van der Waals surface area contributed by atoms with Crippen molar-refractivity contribution in [2.24, 2.45) is 5.10 Å². The third-order valence-corrected chi connectivity index (χ3v) is 4.25. The van der Waals surface area contributed by atoms with Gasteiger partial charge in [-0.2, -0.15) is 0 Å². The number of hydrazone groups is 1. The monoisotopic (exact) mass is 470 g/mol. The summed E-state index contributed by atoms with van der Waals surface area (Å²) in [4.78, 5) is 49.4. The molecule has 0 bridgehead atoms. The molecule has 0 fully saturated rings. The molecule has 1 rings (SSSR count). The topological polar surface area (TPSA) is 136 Å². The van der Waals surface area contributed by atoms with Crippen LogP contribution in [-0.4, -0.2) is 59.9 Å². The number of nitrogens with zero attached hydrogens (tertiary/aromatic N) is 2. The van der Waals surface area contributed by atoms with Crippen molar-refractivity contribution in [2.45, 2.75) is 59.7 Å². The Morgan fingerprint density at radius 2 is 1.41 bits per heavy atom. The molecule has 0 aliphatic heterocycles. The van der Waals surface area contributed by atoms with Gasteiger partial charge in [0.05, 0.1) is 12.0 Å². The smallest absolute Gasteiger partial charge is 0.414 e. The van der Waals surface area contributed by atoms with E-state index in [0.717, 1.165) is 16.3 Å². The van der Waals surface area contributed by atoms with Gasteiger partial charge in [-0.05, 0) is 60.6 Å². The summed E-state index contributed by atoms with van der Waals surface area (Å²) in [5, 5.41) is 9.68. The number of carbonyl (C=O) groups excluding carboxylic acids is 4. The number of rotatable bonds is 4. The van der Waals surface area contributed by atoms with Crippen LogP contribution in [0.15, 0.2) is 17.2 Å². The lowest BCUT2D eigenvalue weighted by Gasteiger charge is -2.23. The number of nitrogens with one attached hydrogen (secondary N) is 2. The molecule has 0 aliphatic carbocycles. The highest BCUT2D eigenvalue weighted by Gasteiger charge is 2.24. The van der Waals surface area contributed by atoms with Gasteiger partial charge in [0.1, 0.15) is 16.1 Å². The van der Waals surface area contributed by atoms with E-state index in [1.165, 1.54) is 19.2 Å². The fourth-order valence-electron chi connectivity index (χ4n) is 2.05. The van der Waals surface area contributed by atoms with Gasteiger partial charge in [0, 0.05) is 6.54 Å². The van der Waals surface area contributed by atoms with Gasteiger partial charge in [-0.25, -0.2) is 19.4 Å². The van der Waals surface area contributed by atoms with Gasteiger partial charge in [-0.15, -0.1) is 16.4 Å². The molecule has 11 nitrogen and oxygen atoms in total. The zero-order valence-corrected chi connectivity index (χ0v) is 20.3. The largest absolute Gasteiger partial charge is 0.465 e. The van der Waals surface area contributed by atoms with E-state index in [2.05, 4.69) is 20.5 Å². The Kier molecular flexibility index (Phi) is 9.19. The highest BCUT2D eigenvalue weighted by molar-refractivity contribution is 7.15. The number of alkyl carbamates (subject to hydrolysis) is 2. The number of guanidine groups is 1. The van der Waals surface area contributed by atoms with E-state index in [1.54, 1.807) is 48.5 Å².